The molecule has 0 aliphatic carbocycles. The van der Waals surface area contributed by atoms with E-state index in [1.165, 1.54) is 0 Å². The van der Waals surface area contributed by atoms with E-state index in [0.717, 1.165) is 35.2 Å². The van der Waals surface area contributed by atoms with Gasteiger partial charge >= 0.3 is 0 Å². The molecule has 1 aliphatic rings. The zero-order valence-corrected chi connectivity index (χ0v) is 18.8. The molecule has 32 heavy (non-hydrogen) atoms. The number of hydrogen-bond donors (Lipinski definition) is 1. The first-order chi connectivity index (χ1) is 15.5. The van der Waals surface area contributed by atoms with Gasteiger partial charge in [0.1, 0.15) is 5.75 Å². The summed E-state index contributed by atoms with van der Waals surface area (Å²) in [6, 6.07) is 19.4. The lowest BCUT2D eigenvalue weighted by molar-refractivity contribution is -0.134. The number of carbonyl (C=O) groups is 2. The van der Waals surface area contributed by atoms with E-state index in [0.29, 0.717) is 24.4 Å². The van der Waals surface area contributed by atoms with Crippen LogP contribution in [0.4, 0.5) is 11.4 Å². The van der Waals surface area contributed by atoms with Crippen molar-refractivity contribution in [3.63, 3.8) is 0 Å². The summed E-state index contributed by atoms with van der Waals surface area (Å²) in [6.45, 7) is 6.67. The fraction of sp³-hybridized carbons (Fsp3) is 0.308. The molecule has 166 valence electrons. The second-order valence-electron chi connectivity index (χ2n) is 8.34. The number of hydrogen-bond acceptors (Lipinski definition) is 4. The van der Waals surface area contributed by atoms with Crippen LogP contribution >= 0.6 is 0 Å². The van der Waals surface area contributed by atoms with Crippen molar-refractivity contribution in [1.82, 2.24) is 4.90 Å². The maximum atomic E-state index is 13.2. The summed E-state index contributed by atoms with van der Waals surface area (Å²) in [5.74, 6) is 0.521. The Morgan fingerprint density at radius 2 is 1.53 bits per heavy atom. The van der Waals surface area contributed by atoms with Crippen LogP contribution in [0, 0.1) is 5.92 Å². The van der Waals surface area contributed by atoms with Gasteiger partial charge in [0.15, 0.2) is 0 Å². The van der Waals surface area contributed by atoms with Gasteiger partial charge in [-0.2, -0.15) is 0 Å². The first-order valence-corrected chi connectivity index (χ1v) is 11.0. The van der Waals surface area contributed by atoms with Crippen LogP contribution in [-0.4, -0.2) is 50.0 Å². The Kier molecular flexibility index (Phi) is 6.30. The van der Waals surface area contributed by atoms with E-state index in [2.05, 4.69) is 10.2 Å². The van der Waals surface area contributed by atoms with Crippen LogP contribution in [0.3, 0.4) is 0 Å². The Bertz CT molecular complexity index is 1130. The van der Waals surface area contributed by atoms with Gasteiger partial charge in [-0.25, -0.2) is 0 Å². The maximum Gasteiger partial charge on any atom is 0.259 e. The molecule has 0 radical (unpaired) electrons. The standard InChI is InChI=1S/C26H29N3O3/c1-18(2)26(31)29-14-12-28(13-15-29)23-11-7-6-10-22(23)27-25(30)21-16-19-8-4-5-9-20(19)17-24(21)32-3/h4-11,16-18H,12-15H2,1-3H3,(H,27,30). The number of nitrogens with one attached hydrogen (secondary N) is 1. The van der Waals surface area contributed by atoms with E-state index in [-0.39, 0.29) is 17.7 Å². The highest BCUT2D eigenvalue weighted by molar-refractivity contribution is 6.10. The molecule has 0 atom stereocenters. The van der Waals surface area contributed by atoms with Gasteiger partial charge in [-0.05, 0) is 35.0 Å². The fourth-order valence-corrected chi connectivity index (χ4v) is 4.14. The van der Waals surface area contributed by atoms with Crippen molar-refractivity contribution in [2.75, 3.05) is 43.5 Å². The Balaban J connectivity index is 1.55. The summed E-state index contributed by atoms with van der Waals surface area (Å²) in [5.41, 5.74) is 2.20. The van der Waals surface area contributed by atoms with Gasteiger partial charge in [0, 0.05) is 32.1 Å². The second-order valence-corrected chi connectivity index (χ2v) is 8.34. The number of fused-ring (bicyclic) bond motifs is 1. The van der Waals surface area contributed by atoms with E-state index in [1.807, 2.05) is 79.4 Å². The molecule has 0 bridgehead atoms. The summed E-state index contributed by atoms with van der Waals surface area (Å²) >= 11 is 0. The highest BCUT2D eigenvalue weighted by atomic mass is 16.5. The van der Waals surface area contributed by atoms with Gasteiger partial charge < -0.3 is 19.9 Å². The van der Waals surface area contributed by atoms with Gasteiger partial charge in [0.2, 0.25) is 5.91 Å². The van der Waals surface area contributed by atoms with Crippen molar-refractivity contribution in [1.29, 1.82) is 0 Å². The van der Waals surface area contributed by atoms with E-state index >= 15 is 0 Å². The van der Waals surface area contributed by atoms with Gasteiger partial charge in [-0.1, -0.05) is 50.2 Å². The van der Waals surface area contributed by atoms with Crippen molar-refractivity contribution in [3.8, 4) is 5.75 Å². The molecule has 0 unspecified atom stereocenters. The van der Waals surface area contributed by atoms with Crippen LogP contribution in [0.15, 0.2) is 60.7 Å². The Labute approximate surface area is 188 Å². The fourth-order valence-electron chi connectivity index (χ4n) is 4.14. The molecule has 1 fully saturated rings. The average molecular weight is 432 g/mol. The summed E-state index contributed by atoms with van der Waals surface area (Å²) in [4.78, 5) is 29.7. The minimum absolute atomic E-state index is 0.00468. The highest BCUT2D eigenvalue weighted by Gasteiger charge is 2.24. The molecule has 0 spiro atoms. The number of piperazine rings is 1. The van der Waals surface area contributed by atoms with E-state index < -0.39 is 0 Å². The lowest BCUT2D eigenvalue weighted by Crippen LogP contribution is -2.50. The molecule has 4 rings (SSSR count). The Morgan fingerprint density at radius 1 is 0.906 bits per heavy atom. The molecule has 1 aliphatic heterocycles. The molecular formula is C26H29N3O3. The number of methoxy groups -OCH3 is 1. The highest BCUT2D eigenvalue weighted by Crippen LogP contribution is 2.30. The Hall–Kier alpha value is -3.54. The zero-order valence-electron chi connectivity index (χ0n) is 18.8. The van der Waals surface area contributed by atoms with Crippen LogP contribution in [0.1, 0.15) is 24.2 Å². The molecular weight excluding hydrogens is 402 g/mol. The SMILES string of the molecule is COc1cc2ccccc2cc1C(=O)Nc1ccccc1N1CCN(C(=O)C(C)C)CC1. The van der Waals surface area contributed by atoms with Gasteiger partial charge in [0.25, 0.3) is 5.91 Å². The van der Waals surface area contributed by atoms with Gasteiger partial charge in [0.05, 0.1) is 24.0 Å². The average Bonchev–Trinajstić information content (AvgIpc) is 2.83. The van der Waals surface area contributed by atoms with Crippen molar-refractivity contribution in [2.24, 2.45) is 5.92 Å². The number of para-hydroxylation sites is 2. The normalized spacial score (nSPS) is 14.0. The monoisotopic (exact) mass is 431 g/mol. The quantitative estimate of drug-likeness (QED) is 0.650. The lowest BCUT2D eigenvalue weighted by Gasteiger charge is -2.37. The lowest BCUT2D eigenvalue weighted by atomic mass is 10.0. The number of amides is 2. The summed E-state index contributed by atoms with van der Waals surface area (Å²) < 4.78 is 5.50. The molecule has 1 N–H and O–H groups in total. The van der Waals surface area contributed by atoms with Crippen molar-refractivity contribution < 1.29 is 14.3 Å². The summed E-state index contributed by atoms with van der Waals surface area (Å²) in [6.07, 6.45) is 0. The first kappa shape index (κ1) is 21.7. The third-order valence-electron chi connectivity index (χ3n) is 5.89. The zero-order chi connectivity index (χ0) is 22.7. The molecule has 0 saturated carbocycles. The largest absolute Gasteiger partial charge is 0.496 e. The van der Waals surface area contributed by atoms with Crippen LogP contribution in [0.5, 0.6) is 5.75 Å². The topological polar surface area (TPSA) is 61.9 Å². The number of ether oxygens (including phenoxy) is 1. The van der Waals surface area contributed by atoms with Crippen molar-refractivity contribution >= 4 is 34.0 Å². The molecule has 1 heterocycles. The van der Waals surface area contributed by atoms with E-state index in [1.54, 1.807) is 7.11 Å². The molecule has 3 aromatic rings. The molecule has 3 aromatic carbocycles. The second kappa shape index (κ2) is 9.30. The molecule has 1 saturated heterocycles. The maximum absolute atomic E-state index is 13.2. The van der Waals surface area contributed by atoms with Crippen LogP contribution in [-0.2, 0) is 4.79 Å². The third-order valence-corrected chi connectivity index (χ3v) is 5.89. The predicted molar refractivity (Wildman–Crippen MR) is 129 cm³/mol. The molecule has 6 nitrogen and oxygen atoms in total. The van der Waals surface area contributed by atoms with E-state index in [9.17, 15) is 9.59 Å². The summed E-state index contributed by atoms with van der Waals surface area (Å²) in [5, 5.41) is 5.08. The van der Waals surface area contributed by atoms with Gasteiger partial charge in [-0.15, -0.1) is 0 Å². The van der Waals surface area contributed by atoms with Crippen molar-refractivity contribution in [3.05, 3.63) is 66.2 Å². The number of anilines is 2. The predicted octanol–water partition coefficient (Wildman–Crippen LogP) is 4.41. The van der Waals surface area contributed by atoms with Crippen LogP contribution < -0.4 is 15.0 Å². The minimum Gasteiger partial charge on any atom is -0.496 e. The summed E-state index contributed by atoms with van der Waals surface area (Å²) in [7, 11) is 1.58. The Morgan fingerprint density at radius 3 is 2.19 bits per heavy atom. The van der Waals surface area contributed by atoms with Crippen LogP contribution in [0.2, 0.25) is 0 Å². The number of carbonyl (C=O) groups excluding carboxylic acids is 2. The molecule has 6 heteroatoms. The number of rotatable bonds is 5. The van der Waals surface area contributed by atoms with Crippen molar-refractivity contribution in [2.45, 2.75) is 13.8 Å². The van der Waals surface area contributed by atoms with E-state index in [4.69, 9.17) is 4.74 Å². The number of nitrogens with zero attached hydrogens (tertiary/aromatic N) is 2. The smallest absolute Gasteiger partial charge is 0.259 e. The first-order valence-electron chi connectivity index (χ1n) is 11.0. The third kappa shape index (κ3) is 4.40. The van der Waals surface area contributed by atoms with Crippen LogP contribution in [0.25, 0.3) is 10.8 Å². The number of benzene rings is 3. The minimum atomic E-state index is -0.214. The van der Waals surface area contributed by atoms with Gasteiger partial charge in [-0.3, -0.25) is 9.59 Å². The molecule has 0 aromatic heterocycles. The molecule has 2 amide bonds.